The van der Waals surface area contributed by atoms with Gasteiger partial charge in [-0.05, 0) is 6.07 Å². The fraction of sp³-hybridized carbons (Fsp3) is 0. The lowest BCUT2D eigenvalue weighted by Gasteiger charge is -1.93. The Labute approximate surface area is 103 Å². The molecule has 0 saturated heterocycles. The van der Waals surface area contributed by atoms with Crippen molar-refractivity contribution in [1.82, 2.24) is 0 Å². The van der Waals surface area contributed by atoms with Gasteiger partial charge < -0.3 is 0 Å². The van der Waals surface area contributed by atoms with E-state index in [1.54, 1.807) is 24.3 Å². The third-order valence-corrected chi connectivity index (χ3v) is 2.15. The van der Waals surface area contributed by atoms with E-state index in [2.05, 4.69) is 0 Å². The van der Waals surface area contributed by atoms with Gasteiger partial charge in [0.15, 0.2) is 0 Å². The van der Waals surface area contributed by atoms with Crippen molar-refractivity contribution < 1.29 is 0 Å². The van der Waals surface area contributed by atoms with Crippen LogP contribution in [0.2, 0.25) is 0 Å². The predicted octanol–water partition coefficient (Wildman–Crippen LogP) is -0.0460. The summed E-state index contributed by atoms with van der Waals surface area (Å²) in [6.07, 6.45) is 0. The molecule has 0 bridgehead atoms. The topological polar surface area (TPSA) is 119 Å². The molecule has 0 amide bonds. The summed E-state index contributed by atoms with van der Waals surface area (Å²) in [7, 11) is 0. The van der Waals surface area contributed by atoms with Crippen molar-refractivity contribution in [3.63, 3.8) is 0 Å². The molecule has 0 aliphatic rings. The van der Waals surface area contributed by atoms with E-state index in [1.807, 2.05) is 6.07 Å². The van der Waals surface area contributed by atoms with Crippen LogP contribution in [0, 0.1) is 56.7 Å². The third kappa shape index (κ3) is 2.15. The third-order valence-electron chi connectivity index (χ3n) is 2.15. The molecule has 80 valence electrons. The van der Waals surface area contributed by atoms with Gasteiger partial charge in [0, 0.05) is 10.4 Å². The normalized spacial score (nSPS) is 7.72. The Morgan fingerprint density at radius 3 is 1.78 bits per heavy atom. The second-order valence-electron chi connectivity index (χ2n) is 3.07. The molecule has 0 fully saturated rings. The molecule has 5 heteroatoms. The Morgan fingerprint density at radius 1 is 0.778 bits per heavy atom. The number of hydrogen-bond donors (Lipinski definition) is 0. The van der Waals surface area contributed by atoms with Gasteiger partial charge in [-0.3, -0.25) is 0 Å². The first-order valence-corrected chi connectivity index (χ1v) is 4.61. The molecule has 0 heterocycles. The molecule has 0 atom stereocenters. The molecule has 0 saturated carbocycles. The number of nitriles is 5. The van der Waals surface area contributed by atoms with E-state index in [1.165, 1.54) is 18.2 Å². The number of nitrogens with zero attached hydrogens (tertiary/aromatic N) is 5. The molecule has 1 rings (SSSR count). The Kier molecular flexibility index (Phi) is 3.80. The molecule has 1 aromatic rings. The minimum atomic E-state index is -0.187. The van der Waals surface area contributed by atoms with E-state index in [4.69, 9.17) is 26.3 Å². The van der Waals surface area contributed by atoms with Crippen molar-refractivity contribution in [2.24, 2.45) is 0 Å². The minimum Gasteiger partial charge on any atom is -0.192 e. The monoisotopic (exact) mass is 229 g/mol. The van der Waals surface area contributed by atoms with Crippen molar-refractivity contribution in [1.29, 1.82) is 26.3 Å². The minimum absolute atomic E-state index is 0.0774. The highest BCUT2D eigenvalue weighted by Crippen LogP contribution is 1.93. The van der Waals surface area contributed by atoms with Crippen molar-refractivity contribution in [3.8, 4) is 30.3 Å². The largest absolute Gasteiger partial charge is 0.192 e. The highest BCUT2D eigenvalue weighted by molar-refractivity contribution is 5.75. The van der Waals surface area contributed by atoms with E-state index in [0.717, 1.165) is 0 Å². The fourth-order valence-corrected chi connectivity index (χ4v) is 1.31. The van der Waals surface area contributed by atoms with Crippen LogP contribution in [0.3, 0.4) is 0 Å². The maximum atomic E-state index is 8.95. The van der Waals surface area contributed by atoms with Crippen molar-refractivity contribution in [2.45, 2.75) is 0 Å². The highest BCUT2D eigenvalue weighted by atomic mass is 14.3. The van der Waals surface area contributed by atoms with E-state index < -0.39 is 0 Å². The molecular formula is C13H3N5. The molecule has 18 heavy (non-hydrogen) atoms. The zero-order valence-corrected chi connectivity index (χ0v) is 8.97. The van der Waals surface area contributed by atoms with Gasteiger partial charge in [0.25, 0.3) is 0 Å². The quantitative estimate of drug-likeness (QED) is 0.617. The second-order valence-corrected chi connectivity index (χ2v) is 3.07. The fourth-order valence-electron chi connectivity index (χ4n) is 1.31. The molecule has 0 N–H and O–H groups in total. The SMILES string of the molecule is N#CC(C#N)=c1ccc(=C(C#N)C#N)c(C#N)c1. The van der Waals surface area contributed by atoms with Gasteiger partial charge in [0.1, 0.15) is 35.4 Å². The van der Waals surface area contributed by atoms with Crippen molar-refractivity contribution in [2.75, 3.05) is 0 Å². The van der Waals surface area contributed by atoms with Crippen LogP contribution in [-0.4, -0.2) is 0 Å². The van der Waals surface area contributed by atoms with Crippen molar-refractivity contribution in [3.05, 3.63) is 34.2 Å². The van der Waals surface area contributed by atoms with Gasteiger partial charge in [-0.15, -0.1) is 0 Å². The summed E-state index contributed by atoms with van der Waals surface area (Å²) in [6, 6.07) is 12.7. The summed E-state index contributed by atoms with van der Waals surface area (Å²) >= 11 is 0. The molecule has 1 aromatic carbocycles. The van der Waals surface area contributed by atoms with E-state index >= 15 is 0 Å². The van der Waals surface area contributed by atoms with E-state index in [9.17, 15) is 0 Å². The Bertz CT molecular complexity index is 794. The zero-order chi connectivity index (χ0) is 13.5. The number of hydrogen-bond acceptors (Lipinski definition) is 5. The van der Waals surface area contributed by atoms with Crippen LogP contribution in [0.1, 0.15) is 5.56 Å². The molecule has 5 nitrogen and oxygen atoms in total. The molecule has 0 aromatic heterocycles. The summed E-state index contributed by atoms with van der Waals surface area (Å²) in [6.45, 7) is 0. The van der Waals surface area contributed by atoms with Gasteiger partial charge >= 0.3 is 0 Å². The Morgan fingerprint density at radius 2 is 1.33 bits per heavy atom. The van der Waals surface area contributed by atoms with Gasteiger partial charge in [0.2, 0.25) is 0 Å². The maximum absolute atomic E-state index is 8.95. The lowest BCUT2D eigenvalue weighted by atomic mass is 10.1. The lowest BCUT2D eigenvalue weighted by molar-refractivity contribution is 1.41. The number of rotatable bonds is 0. The molecule has 0 unspecified atom stereocenters. The van der Waals surface area contributed by atoms with Crippen LogP contribution in [-0.2, 0) is 0 Å². The standard InChI is InChI=1S/C13H3N5/c14-4-10-3-9(11(5-15)6-16)1-2-13(10)12(7-17)8-18/h1-3H. The Balaban J connectivity index is 3.91. The van der Waals surface area contributed by atoms with Crippen LogP contribution < -0.4 is 10.4 Å². The van der Waals surface area contributed by atoms with E-state index in [-0.39, 0.29) is 27.1 Å². The average molecular weight is 229 g/mol. The van der Waals surface area contributed by atoms with Crippen LogP contribution in [0.25, 0.3) is 11.1 Å². The lowest BCUT2D eigenvalue weighted by Crippen LogP contribution is -2.16. The zero-order valence-electron chi connectivity index (χ0n) is 8.97. The Hall–Kier alpha value is -3.59. The van der Waals surface area contributed by atoms with Crippen LogP contribution in [0.5, 0.6) is 0 Å². The van der Waals surface area contributed by atoms with Crippen LogP contribution in [0.15, 0.2) is 18.2 Å². The second kappa shape index (κ2) is 5.48. The smallest absolute Gasteiger partial charge is 0.138 e. The molecule has 0 aliphatic carbocycles. The first-order valence-electron chi connectivity index (χ1n) is 4.61. The highest BCUT2D eigenvalue weighted by Gasteiger charge is 2.03. The number of benzene rings is 1. The molecule has 0 spiro atoms. The molecule has 0 radical (unpaired) electrons. The van der Waals surface area contributed by atoms with Gasteiger partial charge in [-0.25, -0.2) is 0 Å². The first-order chi connectivity index (χ1) is 8.71. The van der Waals surface area contributed by atoms with Crippen molar-refractivity contribution >= 4 is 11.1 Å². The predicted molar refractivity (Wildman–Crippen MR) is 59.7 cm³/mol. The van der Waals surface area contributed by atoms with Crippen LogP contribution in [0.4, 0.5) is 0 Å². The van der Waals surface area contributed by atoms with E-state index in [0.29, 0.717) is 0 Å². The molecule has 0 aliphatic heterocycles. The average Bonchev–Trinajstić information content (AvgIpc) is 2.42. The summed E-state index contributed by atoms with van der Waals surface area (Å²) in [5, 5.41) is 44.3. The van der Waals surface area contributed by atoms with Crippen LogP contribution >= 0.6 is 0 Å². The first kappa shape index (κ1) is 12.5. The van der Waals surface area contributed by atoms with Gasteiger partial charge in [0.05, 0.1) is 11.6 Å². The summed E-state index contributed by atoms with van der Waals surface area (Å²) in [4.78, 5) is 0. The summed E-state index contributed by atoms with van der Waals surface area (Å²) < 4.78 is 0. The summed E-state index contributed by atoms with van der Waals surface area (Å²) in [5.41, 5.74) is -0.240. The molecular weight excluding hydrogens is 226 g/mol. The van der Waals surface area contributed by atoms with Gasteiger partial charge in [-0.2, -0.15) is 26.3 Å². The maximum Gasteiger partial charge on any atom is 0.138 e. The summed E-state index contributed by atoms with van der Waals surface area (Å²) in [5.74, 6) is 0. The van der Waals surface area contributed by atoms with Gasteiger partial charge in [-0.1, -0.05) is 12.1 Å².